The highest BCUT2D eigenvalue weighted by Gasteiger charge is 2.22. The van der Waals surface area contributed by atoms with Crippen LogP contribution in [0.25, 0.3) is 0 Å². The Bertz CT molecular complexity index is 613. The van der Waals surface area contributed by atoms with Crippen LogP contribution in [0.4, 0.5) is 5.69 Å². The molecule has 0 aliphatic carbocycles. The van der Waals surface area contributed by atoms with E-state index in [1.165, 1.54) is 0 Å². The van der Waals surface area contributed by atoms with E-state index in [9.17, 15) is 14.7 Å². The molecular weight excluding hydrogens is 282 g/mol. The van der Waals surface area contributed by atoms with E-state index < -0.39 is 18.0 Å². The van der Waals surface area contributed by atoms with Crippen molar-refractivity contribution in [2.24, 2.45) is 0 Å². The topological polar surface area (TPSA) is 75.6 Å². The number of benzene rings is 2. The number of nitrogens with one attached hydrogen (secondary N) is 1. The van der Waals surface area contributed by atoms with Gasteiger partial charge in [0.2, 0.25) is 0 Å². The minimum atomic E-state index is -1.10. The smallest absolute Gasteiger partial charge is 0.326 e. The number of aliphatic carboxylic acids is 1. The minimum Gasteiger partial charge on any atom is -0.480 e. The summed E-state index contributed by atoms with van der Waals surface area (Å²) in [5, 5.41) is 12.0. The fraction of sp³-hybridized carbons (Fsp3) is 0.176. The average molecular weight is 299 g/mol. The summed E-state index contributed by atoms with van der Waals surface area (Å²) >= 11 is 0. The number of hydrogen-bond donors (Lipinski definition) is 2. The van der Waals surface area contributed by atoms with Crippen LogP contribution in [0.5, 0.6) is 0 Å². The van der Waals surface area contributed by atoms with Crippen molar-refractivity contribution in [2.45, 2.75) is 19.1 Å². The Balaban J connectivity index is 1.88. The van der Waals surface area contributed by atoms with E-state index in [2.05, 4.69) is 5.32 Å². The Morgan fingerprint density at radius 1 is 1.00 bits per heavy atom. The van der Waals surface area contributed by atoms with Crippen molar-refractivity contribution in [2.75, 3.05) is 5.32 Å². The molecule has 114 valence electrons. The summed E-state index contributed by atoms with van der Waals surface area (Å²) in [4.78, 5) is 23.0. The predicted molar refractivity (Wildman–Crippen MR) is 82.3 cm³/mol. The van der Waals surface area contributed by atoms with Crippen LogP contribution in [0, 0.1) is 0 Å². The maximum atomic E-state index is 11.8. The summed E-state index contributed by atoms with van der Waals surface area (Å²) in [6.07, 6.45) is -0.239. The van der Waals surface area contributed by atoms with E-state index in [1.807, 2.05) is 36.4 Å². The molecule has 0 amide bonds. The second kappa shape index (κ2) is 7.83. The monoisotopic (exact) mass is 299 g/mol. The van der Waals surface area contributed by atoms with Crippen molar-refractivity contribution >= 4 is 17.6 Å². The second-order valence-electron chi connectivity index (χ2n) is 4.75. The van der Waals surface area contributed by atoms with Gasteiger partial charge in [-0.25, -0.2) is 4.79 Å². The lowest BCUT2D eigenvalue weighted by Gasteiger charge is -2.15. The van der Waals surface area contributed by atoms with Gasteiger partial charge in [-0.1, -0.05) is 48.5 Å². The molecule has 0 heterocycles. The second-order valence-corrected chi connectivity index (χ2v) is 4.75. The maximum Gasteiger partial charge on any atom is 0.326 e. The lowest BCUT2D eigenvalue weighted by atomic mass is 10.2. The number of carbonyl (C=O) groups excluding carboxylic acids is 1. The van der Waals surface area contributed by atoms with E-state index >= 15 is 0 Å². The third-order valence-electron chi connectivity index (χ3n) is 3.03. The Hall–Kier alpha value is -2.82. The number of rotatable bonds is 7. The number of carboxylic acid groups (broad SMARTS) is 1. The molecule has 0 saturated heterocycles. The highest BCUT2D eigenvalue weighted by atomic mass is 16.5. The molecule has 0 bridgehead atoms. The summed E-state index contributed by atoms with van der Waals surface area (Å²) in [7, 11) is 0. The fourth-order valence-electron chi connectivity index (χ4n) is 1.90. The van der Waals surface area contributed by atoms with Crippen molar-refractivity contribution in [3.63, 3.8) is 0 Å². The third-order valence-corrected chi connectivity index (χ3v) is 3.03. The van der Waals surface area contributed by atoms with Crippen molar-refractivity contribution in [3.05, 3.63) is 66.2 Å². The van der Waals surface area contributed by atoms with Crippen molar-refractivity contribution in [1.82, 2.24) is 0 Å². The van der Waals surface area contributed by atoms with Crippen LogP contribution in [0.2, 0.25) is 0 Å². The summed E-state index contributed by atoms with van der Waals surface area (Å²) in [6, 6.07) is 17.1. The first-order valence-electron chi connectivity index (χ1n) is 6.89. The molecular formula is C17H17NO4. The molecule has 0 saturated carbocycles. The summed E-state index contributed by atoms with van der Waals surface area (Å²) < 4.78 is 5.10. The first-order chi connectivity index (χ1) is 10.6. The molecule has 5 nitrogen and oxygen atoms in total. The van der Waals surface area contributed by atoms with E-state index in [0.717, 1.165) is 5.56 Å². The average Bonchev–Trinajstić information content (AvgIpc) is 2.54. The molecule has 2 N–H and O–H groups in total. The van der Waals surface area contributed by atoms with E-state index in [4.69, 9.17) is 4.74 Å². The number of esters is 1. The fourth-order valence-corrected chi connectivity index (χ4v) is 1.90. The summed E-state index contributed by atoms with van der Waals surface area (Å²) in [5.41, 5.74) is 1.50. The van der Waals surface area contributed by atoms with E-state index in [1.54, 1.807) is 24.3 Å². The zero-order chi connectivity index (χ0) is 15.8. The Morgan fingerprint density at radius 2 is 1.59 bits per heavy atom. The lowest BCUT2D eigenvalue weighted by molar-refractivity contribution is -0.149. The molecule has 5 heteroatoms. The van der Waals surface area contributed by atoms with Gasteiger partial charge in [0.05, 0.1) is 6.42 Å². The van der Waals surface area contributed by atoms with Gasteiger partial charge in [-0.2, -0.15) is 0 Å². The number of anilines is 1. The van der Waals surface area contributed by atoms with Crippen LogP contribution >= 0.6 is 0 Å². The van der Waals surface area contributed by atoms with Gasteiger partial charge >= 0.3 is 11.9 Å². The number of para-hydroxylation sites is 1. The molecule has 0 aliphatic rings. The van der Waals surface area contributed by atoms with Crippen molar-refractivity contribution in [3.8, 4) is 0 Å². The third kappa shape index (κ3) is 4.94. The quantitative estimate of drug-likeness (QED) is 0.769. The standard InChI is InChI=1S/C17H17NO4/c19-16(22-12-13-7-3-1-4-8-13)11-15(17(20)21)18-14-9-5-2-6-10-14/h1-10,15,18H,11-12H2,(H,20,21)/t15-/m1/s1. The first-order valence-corrected chi connectivity index (χ1v) is 6.89. The first kappa shape index (κ1) is 15.6. The van der Waals surface area contributed by atoms with Crippen molar-refractivity contribution < 1.29 is 19.4 Å². The summed E-state index contributed by atoms with van der Waals surface area (Å²) in [6.45, 7) is 0.136. The van der Waals surface area contributed by atoms with Gasteiger partial charge in [-0.15, -0.1) is 0 Å². The van der Waals surface area contributed by atoms with Crippen molar-refractivity contribution in [1.29, 1.82) is 0 Å². The lowest BCUT2D eigenvalue weighted by Crippen LogP contribution is -2.32. The molecule has 0 aliphatic heterocycles. The number of carboxylic acids is 1. The number of ether oxygens (including phenoxy) is 1. The molecule has 0 radical (unpaired) electrons. The molecule has 2 aromatic rings. The largest absolute Gasteiger partial charge is 0.480 e. The Labute approximate surface area is 128 Å². The van der Waals surface area contributed by atoms with Crippen LogP contribution in [0.15, 0.2) is 60.7 Å². The van der Waals surface area contributed by atoms with Gasteiger partial charge in [0.15, 0.2) is 0 Å². The molecule has 2 rings (SSSR count). The van der Waals surface area contributed by atoms with E-state index in [0.29, 0.717) is 5.69 Å². The van der Waals surface area contributed by atoms with E-state index in [-0.39, 0.29) is 13.0 Å². The summed E-state index contributed by atoms with van der Waals surface area (Å²) in [5.74, 6) is -1.65. The molecule has 2 aromatic carbocycles. The maximum absolute atomic E-state index is 11.8. The van der Waals surface area contributed by atoms with Gasteiger partial charge in [0.1, 0.15) is 12.6 Å². The Kier molecular flexibility index (Phi) is 5.54. The van der Waals surface area contributed by atoms with Crippen LogP contribution in [-0.2, 0) is 20.9 Å². The predicted octanol–water partition coefficient (Wildman–Crippen LogP) is 2.69. The van der Waals surface area contributed by atoms with Crippen LogP contribution < -0.4 is 5.32 Å². The van der Waals surface area contributed by atoms with Crippen LogP contribution in [-0.4, -0.2) is 23.1 Å². The van der Waals surface area contributed by atoms with Gasteiger partial charge in [0, 0.05) is 5.69 Å². The minimum absolute atomic E-state index is 0.136. The highest BCUT2D eigenvalue weighted by Crippen LogP contribution is 2.10. The Morgan fingerprint density at radius 3 is 2.18 bits per heavy atom. The number of hydrogen-bond acceptors (Lipinski definition) is 4. The molecule has 1 atom stereocenters. The van der Waals surface area contributed by atoms with Gasteiger partial charge in [0.25, 0.3) is 0 Å². The molecule has 0 unspecified atom stereocenters. The zero-order valence-electron chi connectivity index (χ0n) is 11.9. The van der Waals surface area contributed by atoms with Crippen LogP contribution in [0.1, 0.15) is 12.0 Å². The van der Waals surface area contributed by atoms with Gasteiger partial charge < -0.3 is 15.2 Å². The zero-order valence-corrected chi connectivity index (χ0v) is 11.9. The SMILES string of the molecule is O=C(C[C@@H](Nc1ccccc1)C(=O)O)OCc1ccccc1. The van der Waals surface area contributed by atoms with Gasteiger partial charge in [-0.3, -0.25) is 4.79 Å². The molecule has 22 heavy (non-hydrogen) atoms. The highest BCUT2D eigenvalue weighted by molar-refractivity contribution is 5.84. The van der Waals surface area contributed by atoms with Gasteiger partial charge in [-0.05, 0) is 17.7 Å². The molecule has 0 spiro atoms. The molecule has 0 fully saturated rings. The molecule has 0 aromatic heterocycles. The normalized spacial score (nSPS) is 11.5. The number of carbonyl (C=O) groups is 2. The van der Waals surface area contributed by atoms with Crippen LogP contribution in [0.3, 0.4) is 0 Å².